The summed E-state index contributed by atoms with van der Waals surface area (Å²) in [5.41, 5.74) is 5.56. The second-order valence-electron chi connectivity index (χ2n) is 12.4. The van der Waals surface area contributed by atoms with Crippen LogP contribution in [-0.4, -0.2) is 70.8 Å². The molecule has 0 radical (unpaired) electrons. The number of pyridine rings is 1. The first-order chi connectivity index (χ1) is 21.4. The topological polar surface area (TPSA) is 92.4 Å². The summed E-state index contributed by atoms with van der Waals surface area (Å²) < 4.78 is 55.0. The van der Waals surface area contributed by atoms with E-state index in [-0.39, 0.29) is 45.6 Å². The monoisotopic (exact) mass is 599 g/mol. The summed E-state index contributed by atoms with van der Waals surface area (Å²) in [5.74, 6) is 0.427. The minimum atomic E-state index is -0.934. The maximum atomic E-state index is 17.0. The molecule has 0 aliphatic carbocycles. The third kappa shape index (κ3) is 4.04. The Labute approximate surface area is 252 Å². The van der Waals surface area contributed by atoms with Gasteiger partial charge in [-0.25, -0.2) is 18.2 Å². The van der Waals surface area contributed by atoms with Gasteiger partial charge in [0.05, 0.1) is 27.7 Å². The highest BCUT2D eigenvalue weighted by molar-refractivity contribution is 6.04. The molecule has 1 atom stereocenters. The van der Waals surface area contributed by atoms with E-state index in [0.29, 0.717) is 61.2 Å². The second-order valence-corrected chi connectivity index (χ2v) is 12.4. The third-order valence-corrected chi connectivity index (χ3v) is 10.1. The number of nitrogens with zero attached hydrogens (tertiary/aromatic N) is 5. The second kappa shape index (κ2) is 10.2. The Kier molecular flexibility index (Phi) is 6.36. The van der Waals surface area contributed by atoms with Gasteiger partial charge in [-0.1, -0.05) is 12.0 Å². The molecule has 0 spiro atoms. The molecule has 0 amide bonds. The van der Waals surface area contributed by atoms with Gasteiger partial charge < -0.3 is 20.7 Å². The number of halogens is 3. The zero-order valence-electron chi connectivity index (χ0n) is 24.2. The number of piperazine rings is 1. The van der Waals surface area contributed by atoms with E-state index in [2.05, 4.69) is 31.0 Å². The lowest BCUT2D eigenvalue weighted by molar-refractivity contribution is 0.108. The molecule has 226 valence electrons. The molecule has 4 aliphatic heterocycles. The van der Waals surface area contributed by atoms with E-state index in [1.165, 1.54) is 18.2 Å². The summed E-state index contributed by atoms with van der Waals surface area (Å²) in [6.07, 6.45) is 10.9. The molecule has 3 N–H and O–H groups in total. The van der Waals surface area contributed by atoms with Gasteiger partial charge in [-0.05, 0) is 69.1 Å². The molecule has 4 aliphatic rings. The van der Waals surface area contributed by atoms with Crippen molar-refractivity contribution in [2.75, 3.05) is 50.0 Å². The van der Waals surface area contributed by atoms with Gasteiger partial charge in [0.2, 0.25) is 0 Å². The van der Waals surface area contributed by atoms with Crippen molar-refractivity contribution in [3.05, 3.63) is 46.8 Å². The van der Waals surface area contributed by atoms with E-state index in [4.69, 9.17) is 21.9 Å². The highest BCUT2D eigenvalue weighted by atomic mass is 19.1. The van der Waals surface area contributed by atoms with E-state index >= 15 is 8.78 Å². The predicted molar refractivity (Wildman–Crippen MR) is 163 cm³/mol. The van der Waals surface area contributed by atoms with Crippen LogP contribution in [0.25, 0.3) is 32.9 Å². The van der Waals surface area contributed by atoms with Crippen LogP contribution < -0.4 is 20.7 Å². The Morgan fingerprint density at radius 1 is 1.07 bits per heavy atom. The number of ether oxygens (including phenoxy) is 1. The third-order valence-electron chi connectivity index (χ3n) is 10.1. The largest absolute Gasteiger partial charge is 0.461 e. The minimum absolute atomic E-state index is 0.0272. The van der Waals surface area contributed by atoms with Gasteiger partial charge >= 0.3 is 6.01 Å². The van der Waals surface area contributed by atoms with Crippen molar-refractivity contribution in [3.8, 4) is 29.6 Å². The average molecular weight is 600 g/mol. The fraction of sp³-hybridized carbons (Fsp3) is 0.424. The Morgan fingerprint density at radius 3 is 2.68 bits per heavy atom. The fourth-order valence-electron chi connectivity index (χ4n) is 7.99. The molecule has 8 nitrogen and oxygen atoms in total. The lowest BCUT2D eigenvalue weighted by Crippen LogP contribution is -2.51. The van der Waals surface area contributed by atoms with Gasteiger partial charge in [0, 0.05) is 36.6 Å². The van der Waals surface area contributed by atoms with Crippen LogP contribution in [-0.2, 0) is 6.42 Å². The Balaban J connectivity index is 1.37. The summed E-state index contributed by atoms with van der Waals surface area (Å²) in [6, 6.07) is 4.29. The molecule has 2 aromatic heterocycles. The highest BCUT2D eigenvalue weighted by Gasteiger charge is 2.45. The highest BCUT2D eigenvalue weighted by Crippen LogP contribution is 2.44. The summed E-state index contributed by atoms with van der Waals surface area (Å²) in [4.78, 5) is 18.4. The maximum absolute atomic E-state index is 17.0. The molecule has 11 heteroatoms. The normalized spacial score (nSPS) is 20.9. The SMILES string of the molecule is C#Cc1c(F)ccc2cc(N)nc(-c3c(F)c4c5c(nc(OCC67CCCN6CCC7)nc5c3F)N3CCNCC3CC4)c12. The van der Waals surface area contributed by atoms with E-state index in [9.17, 15) is 4.39 Å². The van der Waals surface area contributed by atoms with Crippen LogP contribution in [0.4, 0.5) is 24.8 Å². The molecule has 4 aromatic rings. The van der Waals surface area contributed by atoms with E-state index in [0.717, 1.165) is 38.8 Å². The number of hydrogen-bond acceptors (Lipinski definition) is 8. The summed E-state index contributed by atoms with van der Waals surface area (Å²) >= 11 is 0. The molecule has 3 fully saturated rings. The van der Waals surface area contributed by atoms with E-state index < -0.39 is 23.0 Å². The smallest absolute Gasteiger partial charge is 0.319 e. The molecule has 3 saturated heterocycles. The van der Waals surface area contributed by atoms with Crippen LogP contribution >= 0.6 is 0 Å². The molecular weight excluding hydrogens is 567 g/mol. The zero-order chi connectivity index (χ0) is 30.2. The van der Waals surface area contributed by atoms with Crippen LogP contribution in [0.15, 0.2) is 18.2 Å². The fourth-order valence-corrected chi connectivity index (χ4v) is 7.99. The van der Waals surface area contributed by atoms with Gasteiger partial charge in [0.15, 0.2) is 5.82 Å². The first-order valence-electron chi connectivity index (χ1n) is 15.3. The summed E-state index contributed by atoms with van der Waals surface area (Å²) in [5, 5.41) is 4.29. The van der Waals surface area contributed by atoms with Gasteiger partial charge in [-0.2, -0.15) is 9.97 Å². The van der Waals surface area contributed by atoms with Gasteiger partial charge in [-0.3, -0.25) is 4.90 Å². The van der Waals surface area contributed by atoms with Crippen molar-refractivity contribution >= 4 is 33.3 Å². The van der Waals surface area contributed by atoms with E-state index in [1.807, 2.05) is 0 Å². The van der Waals surface area contributed by atoms with Gasteiger partial charge in [0.25, 0.3) is 0 Å². The van der Waals surface area contributed by atoms with Crippen molar-refractivity contribution in [1.29, 1.82) is 0 Å². The first-order valence-corrected chi connectivity index (χ1v) is 15.3. The van der Waals surface area contributed by atoms with Crippen LogP contribution in [0, 0.1) is 29.8 Å². The number of hydrogen-bond donors (Lipinski definition) is 2. The van der Waals surface area contributed by atoms with Crippen molar-refractivity contribution < 1.29 is 17.9 Å². The quantitative estimate of drug-likeness (QED) is 0.330. The van der Waals surface area contributed by atoms with Crippen LogP contribution in [0.3, 0.4) is 0 Å². The lowest BCUT2D eigenvalue weighted by atomic mass is 9.93. The standard InChI is InChI=1S/C33H32F3N7O/c1-2-20-22(34)8-5-18-15-23(37)39-29(24(18)20)26-27(35)21-7-6-19-16-38-11-14-43(19)31-25(21)30(28(26)36)40-32(41-31)44-17-33-9-3-12-42(33)13-4-10-33/h1,5,8,15,19,38H,3-4,6-7,9-14,16-17H2,(H2,37,39). The number of rotatable bonds is 4. The van der Waals surface area contributed by atoms with Crippen LogP contribution in [0.2, 0.25) is 0 Å². The number of aromatic nitrogens is 3. The number of nitrogens with one attached hydrogen (secondary N) is 1. The Hall–Kier alpha value is -4.14. The van der Waals surface area contributed by atoms with Crippen LogP contribution in [0.5, 0.6) is 6.01 Å². The predicted octanol–water partition coefficient (Wildman–Crippen LogP) is 4.56. The molecular formula is C33H32F3N7O. The van der Waals surface area contributed by atoms with Crippen molar-refractivity contribution in [3.63, 3.8) is 0 Å². The molecule has 0 saturated carbocycles. The molecule has 44 heavy (non-hydrogen) atoms. The zero-order valence-corrected chi connectivity index (χ0v) is 24.2. The number of benzene rings is 2. The summed E-state index contributed by atoms with van der Waals surface area (Å²) in [6.45, 7) is 4.52. The average Bonchev–Trinajstić information content (AvgIpc) is 3.56. The number of aryl methyl sites for hydroxylation is 1. The maximum Gasteiger partial charge on any atom is 0.319 e. The molecule has 0 bridgehead atoms. The van der Waals surface area contributed by atoms with Crippen molar-refractivity contribution in [1.82, 2.24) is 25.2 Å². The molecule has 6 heterocycles. The molecule has 2 aromatic carbocycles. The minimum Gasteiger partial charge on any atom is -0.461 e. The summed E-state index contributed by atoms with van der Waals surface area (Å²) in [7, 11) is 0. The van der Waals surface area contributed by atoms with Crippen molar-refractivity contribution in [2.45, 2.75) is 50.1 Å². The van der Waals surface area contributed by atoms with Gasteiger partial charge in [0.1, 0.15) is 35.4 Å². The Bertz CT molecular complexity index is 1880. The first kappa shape index (κ1) is 27.4. The molecule has 8 rings (SSSR count). The van der Waals surface area contributed by atoms with Crippen LogP contribution in [0.1, 0.15) is 43.2 Å². The number of fused-ring (bicyclic) bond motifs is 4. The molecule has 1 unspecified atom stereocenters. The number of anilines is 2. The van der Waals surface area contributed by atoms with E-state index in [1.54, 1.807) is 0 Å². The number of nitrogens with two attached hydrogens (primary N) is 1. The Morgan fingerprint density at radius 2 is 1.89 bits per heavy atom. The lowest BCUT2D eigenvalue weighted by Gasteiger charge is -2.36. The van der Waals surface area contributed by atoms with Gasteiger partial charge in [-0.15, -0.1) is 6.42 Å². The number of terminal acetylenes is 1. The van der Waals surface area contributed by atoms with Crippen molar-refractivity contribution in [2.24, 2.45) is 0 Å². The number of nitrogen functional groups attached to an aromatic ring is 1.